The number of carbonyl (C=O) groups excluding carboxylic acids is 2. The van der Waals surface area contributed by atoms with E-state index in [2.05, 4.69) is 85.6 Å². The van der Waals surface area contributed by atoms with Crippen LogP contribution in [0.1, 0.15) is 21.0 Å². The van der Waals surface area contributed by atoms with Crippen LogP contribution in [-0.4, -0.2) is 79.2 Å². The van der Waals surface area contributed by atoms with Crippen LogP contribution >= 0.6 is 45.2 Å². The van der Waals surface area contributed by atoms with Crippen LogP contribution in [0.3, 0.4) is 0 Å². The average Bonchev–Trinajstić information content (AvgIpc) is 3.64. The number of nitrogens with one attached hydrogen (secondary N) is 1. The van der Waals surface area contributed by atoms with Crippen molar-refractivity contribution in [3.05, 3.63) is 91.6 Å². The van der Waals surface area contributed by atoms with E-state index < -0.39 is 11.9 Å². The van der Waals surface area contributed by atoms with Gasteiger partial charge in [0.1, 0.15) is 5.75 Å². The highest BCUT2D eigenvalue weighted by Crippen LogP contribution is 2.21. The Morgan fingerprint density at radius 1 is 0.860 bits per heavy atom. The Hall–Kier alpha value is -4.24. The van der Waals surface area contributed by atoms with Gasteiger partial charge in [0, 0.05) is 7.14 Å². The monoisotopic (exact) mass is 805 g/mol. The zero-order valence-electron chi connectivity index (χ0n) is 22.4. The first-order valence-corrected chi connectivity index (χ1v) is 14.2. The lowest BCUT2D eigenvalue weighted by Crippen LogP contribution is -2.04. The van der Waals surface area contributed by atoms with Crippen molar-refractivity contribution in [1.29, 1.82) is 0 Å². The third kappa shape index (κ3) is 7.99. The summed E-state index contributed by atoms with van der Waals surface area (Å²) in [5.41, 5.74) is 2.28. The number of H-pyrrole nitrogens is 1. The van der Waals surface area contributed by atoms with Gasteiger partial charge >= 0.3 is 19.6 Å². The average molecular weight is 805 g/mol. The lowest BCUT2D eigenvalue weighted by atomic mass is 10.3. The minimum absolute atomic E-state index is 0.229. The Morgan fingerprint density at radius 2 is 1.51 bits per heavy atom. The second-order valence-electron chi connectivity index (χ2n) is 8.04. The van der Waals surface area contributed by atoms with Gasteiger partial charge in [-0.2, -0.15) is 20.4 Å². The third-order valence-corrected chi connectivity index (χ3v) is 6.74. The highest BCUT2D eigenvalue weighted by molar-refractivity contribution is 14.1. The van der Waals surface area contributed by atoms with Crippen LogP contribution < -0.4 is 4.65 Å². The molecular formula is C26H20BI2N8O6. The standard InChI is InChI=1S/C13H9IN4O2.C7H6N4O2.C6H5BIO2/c1-20-13(19)11-10-5-6-15-16-12(10)18(17-11)9-4-2-3-8(14)7-9;1-13-7(12)5-4-2-3-8-10-6(4)11-9-5;8-5-2-1-3-6(4-5)10-7-9/h2-7H,1H3;2-3H,1H3,(H,9,10,11);1-4,9H. The number of hydrogen-bond acceptors (Lipinski definition) is 12. The SMILES string of the molecule is COC(=O)c1n[nH]c2nnccc12.COC(=O)c1nn(-c2cccc(I)c2)c2nnccc12.O[B]Oc1cccc(I)c1. The van der Waals surface area contributed by atoms with E-state index in [9.17, 15) is 9.59 Å². The number of fused-ring (bicyclic) bond motifs is 2. The van der Waals surface area contributed by atoms with Gasteiger partial charge < -0.3 is 19.2 Å². The molecule has 0 aliphatic carbocycles. The van der Waals surface area contributed by atoms with Gasteiger partial charge in [0.05, 0.1) is 43.1 Å². The number of nitrogens with zero attached hydrogens (tertiary/aromatic N) is 7. The van der Waals surface area contributed by atoms with Crippen LogP contribution in [0.15, 0.2) is 73.1 Å². The number of esters is 2. The lowest BCUT2D eigenvalue weighted by molar-refractivity contribution is 0.0587. The van der Waals surface area contributed by atoms with Crippen molar-refractivity contribution in [2.45, 2.75) is 0 Å². The first-order valence-electron chi connectivity index (χ1n) is 12.0. The van der Waals surface area contributed by atoms with E-state index in [4.69, 9.17) is 14.4 Å². The van der Waals surface area contributed by atoms with Crippen LogP contribution in [-0.2, 0) is 9.47 Å². The molecule has 0 aliphatic rings. The molecule has 1 radical (unpaired) electrons. The van der Waals surface area contributed by atoms with Crippen molar-refractivity contribution >= 4 is 86.9 Å². The van der Waals surface area contributed by atoms with Crippen LogP contribution in [0.5, 0.6) is 5.75 Å². The predicted octanol–water partition coefficient (Wildman–Crippen LogP) is 3.54. The number of carbonyl (C=O) groups is 2. The zero-order valence-corrected chi connectivity index (χ0v) is 26.7. The highest BCUT2D eigenvalue weighted by Gasteiger charge is 2.19. The van der Waals surface area contributed by atoms with Crippen molar-refractivity contribution in [3.8, 4) is 11.4 Å². The van der Waals surface area contributed by atoms with Crippen molar-refractivity contribution in [2.75, 3.05) is 14.2 Å². The van der Waals surface area contributed by atoms with Gasteiger partial charge in [-0.1, -0.05) is 12.1 Å². The molecule has 0 saturated heterocycles. The summed E-state index contributed by atoms with van der Waals surface area (Å²) in [6.07, 6.45) is 3.01. The number of ether oxygens (including phenoxy) is 2. The van der Waals surface area contributed by atoms with Crippen molar-refractivity contribution < 1.29 is 28.7 Å². The molecule has 43 heavy (non-hydrogen) atoms. The van der Waals surface area contributed by atoms with Crippen LogP contribution in [0.25, 0.3) is 27.8 Å². The van der Waals surface area contributed by atoms with Gasteiger partial charge in [0.2, 0.25) is 0 Å². The molecule has 17 heteroatoms. The molecule has 0 unspecified atom stereocenters. The number of aromatic nitrogens is 8. The number of aromatic amines is 1. The summed E-state index contributed by atoms with van der Waals surface area (Å²) in [6, 6.07) is 18.5. The van der Waals surface area contributed by atoms with Crippen molar-refractivity contribution in [1.82, 2.24) is 40.4 Å². The smallest absolute Gasteiger partial charge is 0.537 e. The minimum Gasteiger partial charge on any atom is -0.537 e. The summed E-state index contributed by atoms with van der Waals surface area (Å²) in [4.78, 5) is 22.9. The number of rotatable bonds is 5. The molecule has 6 aromatic rings. The molecule has 2 aromatic carbocycles. The molecule has 14 nitrogen and oxygen atoms in total. The first kappa shape index (κ1) is 31.7. The molecule has 6 rings (SSSR count). The first-order chi connectivity index (χ1) is 20.9. The molecule has 0 atom stereocenters. The maximum Gasteiger partial charge on any atom is 0.569 e. The summed E-state index contributed by atoms with van der Waals surface area (Å²) in [7, 11) is 3.30. The fraction of sp³-hybridized carbons (Fsp3) is 0.0769. The van der Waals surface area contributed by atoms with E-state index in [0.717, 1.165) is 12.8 Å². The fourth-order valence-electron chi connectivity index (χ4n) is 3.53. The summed E-state index contributed by atoms with van der Waals surface area (Å²) < 4.78 is 17.7. The molecular weight excluding hydrogens is 785 g/mol. The minimum atomic E-state index is -0.493. The normalized spacial score (nSPS) is 10.2. The van der Waals surface area contributed by atoms with Crippen LogP contribution in [0.4, 0.5) is 0 Å². The number of hydrogen-bond donors (Lipinski definition) is 2. The number of halogens is 2. The summed E-state index contributed by atoms with van der Waals surface area (Å²) in [5.74, 6) is -0.332. The van der Waals surface area contributed by atoms with Crippen LogP contribution in [0, 0.1) is 7.14 Å². The fourth-order valence-corrected chi connectivity index (χ4v) is 4.57. The number of benzene rings is 2. The van der Waals surface area contributed by atoms with E-state index in [-0.39, 0.29) is 11.4 Å². The summed E-state index contributed by atoms with van der Waals surface area (Å²) in [6.45, 7) is 0. The van der Waals surface area contributed by atoms with E-state index in [0.29, 0.717) is 35.5 Å². The van der Waals surface area contributed by atoms with Crippen LogP contribution in [0.2, 0.25) is 0 Å². The van der Waals surface area contributed by atoms with Gasteiger partial charge in [-0.25, -0.2) is 14.3 Å². The molecule has 0 amide bonds. The lowest BCUT2D eigenvalue weighted by Gasteiger charge is -2.02. The predicted molar refractivity (Wildman–Crippen MR) is 171 cm³/mol. The molecule has 4 heterocycles. The maximum absolute atomic E-state index is 11.8. The quantitative estimate of drug-likeness (QED) is 0.147. The third-order valence-electron chi connectivity index (χ3n) is 5.40. The molecule has 4 aromatic heterocycles. The molecule has 0 saturated carbocycles. The van der Waals surface area contributed by atoms with E-state index in [1.807, 2.05) is 42.5 Å². The molecule has 0 bridgehead atoms. The summed E-state index contributed by atoms with van der Waals surface area (Å²) in [5, 5.41) is 35.4. The zero-order chi connectivity index (χ0) is 30.8. The molecule has 0 spiro atoms. The van der Waals surface area contributed by atoms with E-state index >= 15 is 0 Å². The molecule has 217 valence electrons. The Kier molecular flexibility index (Phi) is 11.3. The Morgan fingerprint density at radius 3 is 2.19 bits per heavy atom. The van der Waals surface area contributed by atoms with Crippen molar-refractivity contribution in [2.24, 2.45) is 0 Å². The Balaban J connectivity index is 0.000000159. The molecule has 2 N–H and O–H groups in total. The second-order valence-corrected chi connectivity index (χ2v) is 10.5. The van der Waals surface area contributed by atoms with Crippen molar-refractivity contribution in [3.63, 3.8) is 0 Å². The highest BCUT2D eigenvalue weighted by atomic mass is 127. The maximum atomic E-state index is 11.8. The Bertz CT molecular complexity index is 1870. The number of methoxy groups -OCH3 is 2. The van der Waals surface area contributed by atoms with E-state index in [1.54, 1.807) is 22.9 Å². The van der Waals surface area contributed by atoms with Gasteiger partial charge in [0.25, 0.3) is 0 Å². The van der Waals surface area contributed by atoms with Gasteiger partial charge in [-0.15, -0.1) is 10.2 Å². The second kappa shape index (κ2) is 15.3. The largest absolute Gasteiger partial charge is 0.569 e. The van der Waals surface area contributed by atoms with Gasteiger partial charge in [0.15, 0.2) is 22.7 Å². The van der Waals surface area contributed by atoms with Gasteiger partial charge in [-0.05, 0) is 93.7 Å². The molecule has 0 aliphatic heterocycles. The van der Waals surface area contributed by atoms with E-state index in [1.165, 1.54) is 26.6 Å². The topological polar surface area (TPSA) is 180 Å². The molecule has 0 fully saturated rings. The van der Waals surface area contributed by atoms with Gasteiger partial charge in [-0.3, -0.25) is 5.10 Å². The Labute approximate surface area is 271 Å². The summed E-state index contributed by atoms with van der Waals surface area (Å²) >= 11 is 4.38.